The van der Waals surface area contributed by atoms with Crippen LogP contribution in [0.25, 0.3) is 11.4 Å². The maximum atomic E-state index is 11.3. The van der Waals surface area contributed by atoms with Crippen molar-refractivity contribution in [2.75, 3.05) is 0 Å². The van der Waals surface area contributed by atoms with Crippen LogP contribution in [0.2, 0.25) is 5.02 Å². The second-order valence-corrected chi connectivity index (χ2v) is 6.71. The molecule has 9 heteroatoms. The molecule has 0 aliphatic heterocycles. The molecule has 1 heterocycles. The van der Waals surface area contributed by atoms with Crippen LogP contribution in [0, 0.1) is 10.1 Å². The molecule has 0 saturated heterocycles. The van der Waals surface area contributed by atoms with E-state index in [1.54, 1.807) is 18.2 Å². The summed E-state index contributed by atoms with van der Waals surface area (Å²) in [7, 11) is 0. The summed E-state index contributed by atoms with van der Waals surface area (Å²) in [6.45, 7) is 2.57. The molecule has 26 heavy (non-hydrogen) atoms. The molecular formula is C17H13ClN4O3S. The number of benzene rings is 2. The van der Waals surface area contributed by atoms with Crippen molar-refractivity contribution in [3.05, 3.63) is 63.2 Å². The average Bonchev–Trinajstić information content (AvgIpc) is 3.04. The van der Waals surface area contributed by atoms with Crippen LogP contribution in [0.4, 0.5) is 5.69 Å². The largest absolute Gasteiger partial charge is 0.302 e. The van der Waals surface area contributed by atoms with E-state index in [0.717, 1.165) is 5.56 Å². The molecule has 0 aliphatic rings. The van der Waals surface area contributed by atoms with E-state index in [4.69, 9.17) is 11.6 Å². The highest BCUT2D eigenvalue weighted by Gasteiger charge is 2.17. The van der Waals surface area contributed by atoms with E-state index in [2.05, 4.69) is 10.2 Å². The van der Waals surface area contributed by atoms with Crippen LogP contribution in [0.1, 0.15) is 17.3 Å². The molecule has 0 bridgehead atoms. The van der Waals surface area contributed by atoms with Gasteiger partial charge < -0.3 is 4.57 Å². The fraction of sp³-hybridized carbons (Fsp3) is 0.118. The van der Waals surface area contributed by atoms with Gasteiger partial charge >= 0.3 is 0 Å². The Morgan fingerprint density at radius 3 is 2.73 bits per heavy atom. The Bertz CT molecular complexity index is 990. The third-order valence-corrected chi connectivity index (χ3v) is 4.96. The van der Waals surface area contributed by atoms with Crippen molar-refractivity contribution in [1.29, 1.82) is 0 Å². The first-order valence-corrected chi connectivity index (χ1v) is 8.83. The first-order valence-electron chi connectivity index (χ1n) is 7.64. The number of nitro benzene ring substituents is 1. The first kappa shape index (κ1) is 18.1. The van der Waals surface area contributed by atoms with Gasteiger partial charge in [0.2, 0.25) is 0 Å². The predicted molar refractivity (Wildman–Crippen MR) is 98.7 cm³/mol. The van der Waals surface area contributed by atoms with Crippen LogP contribution in [0.5, 0.6) is 0 Å². The smallest absolute Gasteiger partial charge is 0.270 e. The van der Waals surface area contributed by atoms with Gasteiger partial charge in [0.15, 0.2) is 17.3 Å². The predicted octanol–water partition coefficient (Wildman–Crippen LogP) is 4.49. The summed E-state index contributed by atoms with van der Waals surface area (Å²) in [5, 5.41) is 20.5. The van der Waals surface area contributed by atoms with Gasteiger partial charge in [-0.1, -0.05) is 23.7 Å². The van der Waals surface area contributed by atoms with Gasteiger partial charge in [0.25, 0.3) is 5.69 Å². The zero-order valence-electron chi connectivity index (χ0n) is 13.6. The maximum absolute atomic E-state index is 11.3. The zero-order valence-corrected chi connectivity index (χ0v) is 15.2. The highest BCUT2D eigenvalue weighted by molar-refractivity contribution is 7.99. The highest BCUT2D eigenvalue weighted by Crippen LogP contribution is 2.33. The number of aromatic nitrogens is 3. The summed E-state index contributed by atoms with van der Waals surface area (Å²) in [6.07, 6.45) is 0.597. The topological polar surface area (TPSA) is 90.9 Å². The third-order valence-electron chi connectivity index (χ3n) is 3.65. The lowest BCUT2D eigenvalue weighted by Crippen LogP contribution is -2.00. The maximum Gasteiger partial charge on any atom is 0.270 e. The van der Waals surface area contributed by atoms with Gasteiger partial charge in [-0.2, -0.15) is 0 Å². The van der Waals surface area contributed by atoms with E-state index >= 15 is 0 Å². The molecule has 0 atom stereocenters. The molecule has 0 spiro atoms. The summed E-state index contributed by atoms with van der Waals surface area (Å²) in [4.78, 5) is 22.2. The standard InChI is InChI=1S/C17H13ClN4O3S/c1-2-21-16(11-4-3-5-13(18)8-11)19-20-17(21)26-15-7-6-14(22(24)25)9-12(15)10-23/h3-10H,2H2,1H3. The van der Waals surface area contributed by atoms with Crippen LogP contribution in [-0.4, -0.2) is 26.0 Å². The Balaban J connectivity index is 1.99. The molecule has 0 amide bonds. The zero-order chi connectivity index (χ0) is 18.7. The van der Waals surface area contributed by atoms with Crippen molar-refractivity contribution < 1.29 is 9.72 Å². The van der Waals surface area contributed by atoms with Gasteiger partial charge in [0.1, 0.15) is 0 Å². The Hall–Kier alpha value is -2.71. The lowest BCUT2D eigenvalue weighted by Gasteiger charge is -2.08. The normalized spacial score (nSPS) is 10.7. The van der Waals surface area contributed by atoms with Crippen molar-refractivity contribution >= 4 is 35.3 Å². The fourth-order valence-electron chi connectivity index (χ4n) is 2.42. The second kappa shape index (κ2) is 7.67. The molecule has 0 aliphatic carbocycles. The number of carbonyl (C=O) groups excluding carboxylic acids is 1. The average molecular weight is 389 g/mol. The number of carbonyl (C=O) groups is 1. The van der Waals surface area contributed by atoms with Crippen LogP contribution in [0.15, 0.2) is 52.5 Å². The SMILES string of the molecule is CCn1c(Sc2ccc([N+](=O)[O-])cc2C=O)nnc1-c1cccc(Cl)c1. The number of nitro groups is 1. The second-order valence-electron chi connectivity index (χ2n) is 5.26. The minimum absolute atomic E-state index is 0.131. The van der Waals surface area contributed by atoms with E-state index in [9.17, 15) is 14.9 Å². The minimum atomic E-state index is -0.534. The molecule has 1 aromatic heterocycles. The fourth-order valence-corrected chi connectivity index (χ4v) is 3.58. The molecule has 2 aromatic carbocycles. The van der Waals surface area contributed by atoms with Crippen molar-refractivity contribution in [3.63, 3.8) is 0 Å². The quantitative estimate of drug-likeness (QED) is 0.351. The molecule has 0 saturated carbocycles. The molecular weight excluding hydrogens is 376 g/mol. The molecule has 0 fully saturated rings. The highest BCUT2D eigenvalue weighted by atomic mass is 35.5. The van der Waals surface area contributed by atoms with Crippen molar-refractivity contribution in [2.24, 2.45) is 0 Å². The van der Waals surface area contributed by atoms with Gasteiger partial charge in [-0.15, -0.1) is 10.2 Å². The van der Waals surface area contributed by atoms with Gasteiger partial charge in [-0.25, -0.2) is 0 Å². The number of hydrogen-bond donors (Lipinski definition) is 0. The van der Waals surface area contributed by atoms with E-state index in [1.807, 2.05) is 23.6 Å². The van der Waals surface area contributed by atoms with Crippen molar-refractivity contribution in [1.82, 2.24) is 14.8 Å². The molecule has 3 aromatic rings. The van der Waals surface area contributed by atoms with E-state index in [0.29, 0.717) is 33.7 Å². The Labute approximate surface area is 158 Å². The van der Waals surface area contributed by atoms with Crippen molar-refractivity contribution in [3.8, 4) is 11.4 Å². The molecule has 0 unspecified atom stereocenters. The van der Waals surface area contributed by atoms with Crippen molar-refractivity contribution in [2.45, 2.75) is 23.5 Å². The van der Waals surface area contributed by atoms with Gasteiger partial charge in [0, 0.05) is 39.7 Å². The molecule has 7 nitrogen and oxygen atoms in total. The van der Waals surface area contributed by atoms with Gasteiger partial charge in [-0.3, -0.25) is 14.9 Å². The van der Waals surface area contributed by atoms with E-state index in [1.165, 1.54) is 23.9 Å². The molecule has 132 valence electrons. The van der Waals surface area contributed by atoms with Gasteiger partial charge in [0.05, 0.1) is 4.92 Å². The number of halogens is 1. The summed E-state index contributed by atoms with van der Waals surface area (Å²) >= 11 is 7.28. The number of hydrogen-bond acceptors (Lipinski definition) is 6. The summed E-state index contributed by atoms with van der Waals surface area (Å²) in [5.74, 6) is 0.659. The van der Waals surface area contributed by atoms with E-state index < -0.39 is 4.92 Å². The third kappa shape index (κ3) is 3.61. The van der Waals surface area contributed by atoms with Crippen LogP contribution >= 0.6 is 23.4 Å². The van der Waals surface area contributed by atoms with Gasteiger partial charge in [-0.05, 0) is 36.9 Å². The Kier molecular flexibility index (Phi) is 5.34. The monoisotopic (exact) mass is 388 g/mol. The summed E-state index contributed by atoms with van der Waals surface area (Å²) < 4.78 is 1.90. The number of non-ortho nitro benzene ring substituents is 1. The van der Waals surface area contributed by atoms with Crippen LogP contribution < -0.4 is 0 Å². The molecule has 3 rings (SSSR count). The summed E-state index contributed by atoms with van der Waals surface area (Å²) in [5.41, 5.74) is 0.935. The lowest BCUT2D eigenvalue weighted by atomic mass is 10.2. The molecule has 0 N–H and O–H groups in total. The first-order chi connectivity index (χ1) is 12.5. The number of rotatable bonds is 6. The lowest BCUT2D eigenvalue weighted by molar-refractivity contribution is -0.384. The van der Waals surface area contributed by atoms with Crippen LogP contribution in [0.3, 0.4) is 0 Å². The van der Waals surface area contributed by atoms with E-state index in [-0.39, 0.29) is 11.3 Å². The minimum Gasteiger partial charge on any atom is -0.302 e. The van der Waals surface area contributed by atoms with Crippen LogP contribution in [-0.2, 0) is 6.54 Å². The summed E-state index contributed by atoms with van der Waals surface area (Å²) in [6, 6.07) is 11.5. The number of nitrogens with zero attached hydrogens (tertiary/aromatic N) is 4. The molecule has 0 radical (unpaired) electrons. The Morgan fingerprint density at radius 1 is 1.27 bits per heavy atom. The Morgan fingerprint density at radius 2 is 2.08 bits per heavy atom. The number of aldehydes is 1.